The fourth-order valence-electron chi connectivity index (χ4n) is 7.94. The number of para-hydroxylation sites is 1. The number of benzene rings is 2. The van der Waals surface area contributed by atoms with Crippen molar-refractivity contribution in [1.29, 1.82) is 0 Å². The van der Waals surface area contributed by atoms with Crippen LogP contribution in [0.3, 0.4) is 0 Å². The standard InChI is InChI=1S/C53H78N6O7/c1-14-16-27-44(55-48(53(10,11)12)51(64)58(13)43(34(3)4)32-37(8)52(65)66-15-2)56-49(62)38(9)54-50(63)47(35(5)6)57-45(60)28-21-22-29-46(61)59-33-40-24-18-17-23-39(40)31-30-36(7)41-25-19-20-26-42(41)59/h14,16-20,23-26,30-32,34-36,38,43-44,47-48,55H,15,21-22,27-29,33H2,1-13H3,(H,54,63)(H,56,62)(H,57,60)/b16-14-,31-30-,37-32+/t36?,38-,43+,44?,47-,48+/m0/s1. The van der Waals surface area contributed by atoms with E-state index in [-0.39, 0.29) is 54.9 Å². The molecule has 0 bridgehead atoms. The number of likely N-dealkylation sites (N-methyl/N-ethyl adjacent to an activating group) is 1. The smallest absolute Gasteiger partial charge is 0.333 e. The van der Waals surface area contributed by atoms with E-state index in [4.69, 9.17) is 4.74 Å². The van der Waals surface area contributed by atoms with Crippen molar-refractivity contribution in [1.82, 2.24) is 26.2 Å². The summed E-state index contributed by atoms with van der Waals surface area (Å²) < 4.78 is 5.18. The molecule has 13 heteroatoms. The molecule has 2 unspecified atom stereocenters. The van der Waals surface area contributed by atoms with E-state index in [1.54, 1.807) is 38.8 Å². The molecule has 5 amide bonds. The normalized spacial score (nSPS) is 16.9. The van der Waals surface area contributed by atoms with Crippen LogP contribution in [0.25, 0.3) is 6.08 Å². The van der Waals surface area contributed by atoms with Crippen LogP contribution in [0.15, 0.2) is 78.4 Å². The lowest BCUT2D eigenvalue weighted by atomic mass is 9.84. The summed E-state index contributed by atoms with van der Waals surface area (Å²) in [4.78, 5) is 84.7. The van der Waals surface area contributed by atoms with Crippen molar-refractivity contribution in [2.24, 2.45) is 17.3 Å². The van der Waals surface area contributed by atoms with E-state index in [0.717, 1.165) is 22.4 Å². The molecule has 1 heterocycles. The molecule has 0 radical (unpaired) electrons. The Bertz CT molecular complexity index is 2070. The molecule has 3 rings (SSSR count). The fraction of sp³-hybridized carbons (Fsp3) is 0.547. The van der Waals surface area contributed by atoms with Crippen molar-refractivity contribution in [2.75, 3.05) is 18.6 Å². The van der Waals surface area contributed by atoms with Gasteiger partial charge in [0, 0.05) is 37.1 Å². The van der Waals surface area contributed by atoms with Gasteiger partial charge in [0.1, 0.15) is 12.1 Å². The summed E-state index contributed by atoms with van der Waals surface area (Å²) in [6.45, 7) is 23.1. The zero-order valence-electron chi connectivity index (χ0n) is 41.8. The van der Waals surface area contributed by atoms with Crippen LogP contribution in [0.4, 0.5) is 5.69 Å². The number of rotatable bonds is 21. The molecule has 4 N–H and O–H groups in total. The van der Waals surface area contributed by atoms with Gasteiger partial charge < -0.3 is 30.5 Å². The second-order valence-corrected chi connectivity index (χ2v) is 19.2. The Hall–Kier alpha value is -5.56. The van der Waals surface area contributed by atoms with E-state index in [2.05, 4.69) is 52.5 Å². The number of allylic oxidation sites excluding steroid dienone is 2. The minimum absolute atomic E-state index is 0.0214. The van der Waals surface area contributed by atoms with E-state index < -0.39 is 53.5 Å². The fourth-order valence-corrected chi connectivity index (χ4v) is 7.94. The van der Waals surface area contributed by atoms with Crippen LogP contribution in [0.2, 0.25) is 0 Å². The van der Waals surface area contributed by atoms with Crippen LogP contribution >= 0.6 is 0 Å². The zero-order valence-corrected chi connectivity index (χ0v) is 41.8. The molecule has 0 fully saturated rings. The summed E-state index contributed by atoms with van der Waals surface area (Å²) in [6, 6.07) is 13.0. The summed E-state index contributed by atoms with van der Waals surface area (Å²) in [5, 5.41) is 12.0. The average molecular weight is 911 g/mol. The van der Waals surface area contributed by atoms with Gasteiger partial charge in [-0.15, -0.1) is 0 Å². The first-order chi connectivity index (χ1) is 31.1. The highest BCUT2D eigenvalue weighted by atomic mass is 16.5. The number of nitrogens with zero attached hydrogens (tertiary/aromatic N) is 2. The lowest BCUT2D eigenvalue weighted by molar-refractivity contribution is -0.139. The highest BCUT2D eigenvalue weighted by Crippen LogP contribution is 2.33. The Balaban J connectivity index is 1.64. The molecular weight excluding hydrogens is 833 g/mol. The predicted molar refractivity (Wildman–Crippen MR) is 264 cm³/mol. The third-order valence-electron chi connectivity index (χ3n) is 11.9. The van der Waals surface area contributed by atoms with Gasteiger partial charge in [0.05, 0.1) is 31.4 Å². The molecule has 0 aromatic heterocycles. The van der Waals surface area contributed by atoms with Crippen molar-refractivity contribution in [3.8, 4) is 0 Å². The van der Waals surface area contributed by atoms with Crippen LogP contribution in [-0.4, -0.2) is 84.4 Å². The van der Waals surface area contributed by atoms with E-state index >= 15 is 0 Å². The number of hydrogen-bond acceptors (Lipinski definition) is 8. The molecule has 0 saturated carbocycles. The van der Waals surface area contributed by atoms with Gasteiger partial charge in [-0.2, -0.15) is 0 Å². The maximum Gasteiger partial charge on any atom is 0.333 e. The monoisotopic (exact) mass is 911 g/mol. The first-order valence-corrected chi connectivity index (χ1v) is 23.7. The molecule has 0 spiro atoms. The molecule has 1 aliphatic rings. The summed E-state index contributed by atoms with van der Waals surface area (Å²) in [6.07, 6.45) is 10.8. The topological polar surface area (TPSA) is 166 Å². The van der Waals surface area contributed by atoms with Gasteiger partial charge in [-0.3, -0.25) is 29.3 Å². The van der Waals surface area contributed by atoms with Crippen LogP contribution in [0.1, 0.15) is 138 Å². The maximum atomic E-state index is 14.3. The van der Waals surface area contributed by atoms with Crippen LogP contribution in [-0.2, 0) is 40.0 Å². The molecule has 13 nitrogen and oxygen atoms in total. The average Bonchev–Trinajstić information content (AvgIpc) is 3.32. The molecule has 362 valence electrons. The third-order valence-corrected chi connectivity index (χ3v) is 11.9. The van der Waals surface area contributed by atoms with Gasteiger partial charge in [0.2, 0.25) is 29.5 Å². The van der Waals surface area contributed by atoms with Crippen molar-refractivity contribution in [3.63, 3.8) is 0 Å². The molecule has 0 saturated heterocycles. The summed E-state index contributed by atoms with van der Waals surface area (Å²) in [7, 11) is 1.71. The molecule has 6 atom stereocenters. The lowest BCUT2D eigenvalue weighted by Gasteiger charge is -2.39. The predicted octanol–water partition coefficient (Wildman–Crippen LogP) is 7.96. The third kappa shape index (κ3) is 16.1. The first-order valence-electron chi connectivity index (χ1n) is 23.7. The van der Waals surface area contributed by atoms with E-state index in [0.29, 0.717) is 31.4 Å². The minimum atomic E-state index is -0.979. The highest BCUT2D eigenvalue weighted by Gasteiger charge is 2.38. The molecule has 0 aliphatic carbocycles. The number of ether oxygens (including phenoxy) is 1. The van der Waals surface area contributed by atoms with Crippen LogP contribution in [0, 0.1) is 17.3 Å². The van der Waals surface area contributed by atoms with Crippen molar-refractivity contribution in [3.05, 3.63) is 95.1 Å². The SMILES string of the molecule is C/C=C\CC(NC(=O)[C@H](C)NC(=O)[C@@H](NC(=O)CCCCC(=O)N1Cc2ccccc2/C=C\C(C)c2ccccc21)C(C)C)N[C@H](C(=O)N(C)[C@H](/C=C(\C)C(=O)OCC)C(C)C)C(C)(C)C. The van der Waals surface area contributed by atoms with Gasteiger partial charge in [-0.05, 0) is 87.0 Å². The highest BCUT2D eigenvalue weighted by molar-refractivity contribution is 5.95. The number of carbonyl (C=O) groups excluding carboxylic acids is 6. The Labute approximate surface area is 394 Å². The number of unbranched alkanes of at least 4 members (excludes halogenated alkanes) is 1. The quantitative estimate of drug-likeness (QED) is 0.0322. The number of carbonyl (C=O) groups is 6. The second kappa shape index (κ2) is 26.0. The van der Waals surface area contributed by atoms with E-state index in [9.17, 15) is 28.8 Å². The number of anilines is 1. The Morgan fingerprint density at radius 2 is 1.53 bits per heavy atom. The Kier molecular flexibility index (Phi) is 21.5. The Morgan fingerprint density at radius 3 is 2.17 bits per heavy atom. The van der Waals surface area contributed by atoms with E-state index in [1.807, 2.05) is 109 Å². The van der Waals surface area contributed by atoms with Crippen LogP contribution < -0.4 is 26.2 Å². The van der Waals surface area contributed by atoms with Gasteiger partial charge >= 0.3 is 5.97 Å². The Morgan fingerprint density at radius 1 is 0.879 bits per heavy atom. The second-order valence-electron chi connectivity index (χ2n) is 19.2. The number of nitrogens with one attached hydrogen (secondary N) is 4. The van der Waals surface area contributed by atoms with Gasteiger partial charge in [-0.1, -0.05) is 128 Å². The first kappa shape index (κ1) is 54.8. The summed E-state index contributed by atoms with van der Waals surface area (Å²) >= 11 is 0. The van der Waals surface area contributed by atoms with Crippen molar-refractivity contribution < 1.29 is 33.5 Å². The maximum absolute atomic E-state index is 14.3. The minimum Gasteiger partial charge on any atom is -0.463 e. The van der Waals surface area contributed by atoms with E-state index in [1.165, 1.54) is 0 Å². The number of amides is 5. The lowest BCUT2D eigenvalue weighted by Crippen LogP contribution is -2.62. The number of fused-ring (bicyclic) bond motifs is 2. The summed E-state index contributed by atoms with van der Waals surface area (Å²) in [5.41, 5.74) is 3.90. The molecule has 2 aromatic carbocycles. The molecule has 1 aliphatic heterocycles. The van der Waals surface area contributed by atoms with Crippen molar-refractivity contribution >= 4 is 47.3 Å². The molecular formula is C53H78N6O7. The largest absolute Gasteiger partial charge is 0.463 e. The molecule has 2 aromatic rings. The van der Waals surface area contributed by atoms with Gasteiger partial charge in [-0.25, -0.2) is 4.79 Å². The van der Waals surface area contributed by atoms with Gasteiger partial charge in [0.25, 0.3) is 0 Å². The van der Waals surface area contributed by atoms with Gasteiger partial charge in [0.15, 0.2) is 0 Å². The van der Waals surface area contributed by atoms with Crippen LogP contribution in [0.5, 0.6) is 0 Å². The number of hydrogen-bond donors (Lipinski definition) is 4. The number of esters is 1. The zero-order chi connectivity index (χ0) is 49.3. The molecule has 66 heavy (non-hydrogen) atoms. The van der Waals surface area contributed by atoms with Crippen molar-refractivity contribution in [2.45, 2.75) is 158 Å². The summed E-state index contributed by atoms with van der Waals surface area (Å²) in [5.74, 6) is -2.18.